The van der Waals surface area contributed by atoms with Crippen molar-refractivity contribution in [2.75, 3.05) is 5.73 Å². The number of H-pyrrole nitrogens is 2. The first-order valence-electron chi connectivity index (χ1n) is 6.84. The second-order valence-electron chi connectivity index (χ2n) is 5.08. The van der Waals surface area contributed by atoms with Crippen LogP contribution in [0.1, 0.15) is 60.2 Å². The van der Waals surface area contributed by atoms with Crippen LogP contribution in [0.15, 0.2) is 12.4 Å². The van der Waals surface area contributed by atoms with Crippen molar-refractivity contribution in [2.45, 2.75) is 38.1 Å². The van der Waals surface area contributed by atoms with Gasteiger partial charge in [-0.1, -0.05) is 6.92 Å². The topological polar surface area (TPSA) is 112 Å². The summed E-state index contributed by atoms with van der Waals surface area (Å²) in [4.78, 5) is 19.4. The molecule has 2 aromatic rings. The summed E-state index contributed by atoms with van der Waals surface area (Å²) < 4.78 is 0. The molecule has 5 N–H and O–H groups in total. The molecular formula is C13H18N6O. The summed E-state index contributed by atoms with van der Waals surface area (Å²) in [6.45, 7) is 1.98. The molecule has 20 heavy (non-hydrogen) atoms. The number of carbonyl (C=O) groups is 1. The Morgan fingerprint density at radius 2 is 2.40 bits per heavy atom. The minimum Gasteiger partial charge on any atom is -0.395 e. The maximum Gasteiger partial charge on any atom is 0.274 e. The highest BCUT2D eigenvalue weighted by Gasteiger charge is 2.30. The molecule has 7 nitrogen and oxygen atoms in total. The van der Waals surface area contributed by atoms with Gasteiger partial charge >= 0.3 is 0 Å². The van der Waals surface area contributed by atoms with Crippen LogP contribution >= 0.6 is 0 Å². The monoisotopic (exact) mass is 274 g/mol. The molecule has 0 radical (unpaired) electrons. The first kappa shape index (κ1) is 12.7. The first-order chi connectivity index (χ1) is 9.70. The Morgan fingerprint density at radius 1 is 1.60 bits per heavy atom. The van der Waals surface area contributed by atoms with Crippen molar-refractivity contribution < 1.29 is 4.79 Å². The largest absolute Gasteiger partial charge is 0.395 e. The van der Waals surface area contributed by atoms with Gasteiger partial charge < -0.3 is 16.0 Å². The second kappa shape index (κ2) is 4.99. The Kier molecular flexibility index (Phi) is 3.17. The standard InChI is InChI=1S/C13H18N6O/c1-2-8(12-15-5-6-16-12)17-13(20)11-9(14)10(18-19-11)7-3-4-7/h5-8H,2-4,14H2,1H3,(H,15,16)(H,17,20)(H,18,19). The molecule has 1 fully saturated rings. The number of hydrogen-bond donors (Lipinski definition) is 4. The van der Waals surface area contributed by atoms with Gasteiger partial charge in [-0.25, -0.2) is 4.98 Å². The summed E-state index contributed by atoms with van der Waals surface area (Å²) in [5.41, 5.74) is 7.64. The van der Waals surface area contributed by atoms with Gasteiger partial charge in [0, 0.05) is 18.3 Å². The van der Waals surface area contributed by atoms with Crippen LogP contribution < -0.4 is 11.1 Å². The number of carbonyl (C=O) groups excluding carboxylic acids is 1. The van der Waals surface area contributed by atoms with Gasteiger partial charge in [-0.05, 0) is 19.3 Å². The highest BCUT2D eigenvalue weighted by atomic mass is 16.2. The second-order valence-corrected chi connectivity index (χ2v) is 5.08. The lowest BCUT2D eigenvalue weighted by Gasteiger charge is -2.13. The summed E-state index contributed by atoms with van der Waals surface area (Å²) in [7, 11) is 0. The van der Waals surface area contributed by atoms with Gasteiger partial charge in [0.1, 0.15) is 5.82 Å². The molecule has 3 rings (SSSR count). The Balaban J connectivity index is 1.75. The summed E-state index contributed by atoms with van der Waals surface area (Å²) in [5, 5.41) is 9.84. The van der Waals surface area contributed by atoms with Gasteiger partial charge in [-0.3, -0.25) is 9.89 Å². The van der Waals surface area contributed by atoms with Crippen LogP contribution in [0.4, 0.5) is 5.69 Å². The number of amides is 1. The summed E-state index contributed by atoms with van der Waals surface area (Å²) >= 11 is 0. The minimum absolute atomic E-state index is 0.169. The van der Waals surface area contributed by atoms with Gasteiger partial charge in [0.25, 0.3) is 5.91 Å². The molecule has 0 aromatic carbocycles. The van der Waals surface area contributed by atoms with Crippen molar-refractivity contribution in [2.24, 2.45) is 0 Å². The lowest BCUT2D eigenvalue weighted by molar-refractivity contribution is 0.0929. The molecule has 1 unspecified atom stereocenters. The molecule has 2 heterocycles. The molecule has 1 saturated carbocycles. The number of aromatic amines is 2. The average molecular weight is 274 g/mol. The van der Waals surface area contributed by atoms with Gasteiger partial charge in [0.2, 0.25) is 0 Å². The molecule has 7 heteroatoms. The van der Waals surface area contributed by atoms with Crippen LogP contribution in [0.3, 0.4) is 0 Å². The fourth-order valence-corrected chi connectivity index (χ4v) is 2.28. The Labute approximate surface area is 116 Å². The zero-order chi connectivity index (χ0) is 14.1. The number of nitrogens with one attached hydrogen (secondary N) is 3. The lowest BCUT2D eigenvalue weighted by atomic mass is 10.2. The van der Waals surface area contributed by atoms with Crippen molar-refractivity contribution in [3.05, 3.63) is 29.6 Å². The third kappa shape index (κ3) is 2.26. The third-order valence-electron chi connectivity index (χ3n) is 3.60. The molecule has 1 aliphatic rings. The summed E-state index contributed by atoms with van der Waals surface area (Å²) in [6, 6.07) is -0.169. The van der Waals surface area contributed by atoms with E-state index in [1.165, 1.54) is 0 Å². The third-order valence-corrected chi connectivity index (χ3v) is 3.60. The predicted molar refractivity (Wildman–Crippen MR) is 74.1 cm³/mol. The fraction of sp³-hybridized carbons (Fsp3) is 0.462. The molecule has 1 amide bonds. The zero-order valence-electron chi connectivity index (χ0n) is 11.3. The van der Waals surface area contributed by atoms with E-state index in [0.29, 0.717) is 11.6 Å². The lowest BCUT2D eigenvalue weighted by Crippen LogP contribution is -2.29. The van der Waals surface area contributed by atoms with Crippen molar-refractivity contribution in [1.82, 2.24) is 25.5 Å². The quantitative estimate of drug-likeness (QED) is 0.661. The maximum atomic E-state index is 12.3. The van der Waals surface area contributed by atoms with Crippen LogP contribution in [0.5, 0.6) is 0 Å². The highest BCUT2D eigenvalue weighted by molar-refractivity contribution is 5.97. The van der Waals surface area contributed by atoms with Gasteiger partial charge in [-0.2, -0.15) is 5.10 Å². The van der Waals surface area contributed by atoms with Crippen molar-refractivity contribution in [1.29, 1.82) is 0 Å². The van der Waals surface area contributed by atoms with Crippen molar-refractivity contribution in [3.8, 4) is 0 Å². The van der Waals surface area contributed by atoms with Gasteiger partial charge in [0.05, 0.1) is 17.4 Å². The number of nitrogens with two attached hydrogens (primary N) is 1. The number of nitrogen functional groups attached to an aromatic ring is 1. The average Bonchev–Trinajstić information content (AvgIpc) is 2.99. The maximum absolute atomic E-state index is 12.3. The van der Waals surface area contributed by atoms with E-state index in [4.69, 9.17) is 5.73 Å². The van der Waals surface area contributed by atoms with E-state index in [1.807, 2.05) is 6.92 Å². The molecule has 1 aliphatic carbocycles. The molecular weight excluding hydrogens is 256 g/mol. The number of nitrogens with zero attached hydrogens (tertiary/aromatic N) is 2. The molecule has 0 aliphatic heterocycles. The number of anilines is 1. The first-order valence-corrected chi connectivity index (χ1v) is 6.84. The van der Waals surface area contributed by atoms with Gasteiger partial charge in [0.15, 0.2) is 5.69 Å². The zero-order valence-corrected chi connectivity index (χ0v) is 11.3. The Bertz CT molecular complexity index is 598. The highest BCUT2D eigenvalue weighted by Crippen LogP contribution is 2.42. The number of imidazole rings is 1. The van der Waals surface area contributed by atoms with Crippen LogP contribution in [0.25, 0.3) is 0 Å². The van der Waals surface area contributed by atoms with Crippen LogP contribution in [-0.2, 0) is 0 Å². The number of rotatable bonds is 5. The number of hydrogen-bond acceptors (Lipinski definition) is 4. The van der Waals surface area contributed by atoms with Crippen molar-refractivity contribution >= 4 is 11.6 Å². The SMILES string of the molecule is CCC(NC(=O)c1n[nH]c(C2CC2)c1N)c1ncc[nH]1. The van der Waals surface area contributed by atoms with Crippen LogP contribution in [0, 0.1) is 0 Å². The summed E-state index contributed by atoms with van der Waals surface area (Å²) in [5.74, 6) is 0.905. The van der Waals surface area contributed by atoms with E-state index >= 15 is 0 Å². The number of aromatic nitrogens is 4. The van der Waals surface area contributed by atoms with Crippen LogP contribution in [0.2, 0.25) is 0 Å². The van der Waals surface area contributed by atoms with Crippen LogP contribution in [-0.4, -0.2) is 26.1 Å². The predicted octanol–water partition coefficient (Wildman–Crippen LogP) is 1.47. The van der Waals surface area contributed by atoms with E-state index in [-0.39, 0.29) is 17.6 Å². The van der Waals surface area contributed by atoms with E-state index in [1.54, 1.807) is 12.4 Å². The Morgan fingerprint density at radius 3 is 3.00 bits per heavy atom. The van der Waals surface area contributed by atoms with E-state index in [0.717, 1.165) is 30.8 Å². The normalized spacial score (nSPS) is 16.1. The van der Waals surface area contributed by atoms with E-state index < -0.39 is 0 Å². The van der Waals surface area contributed by atoms with Crippen molar-refractivity contribution in [3.63, 3.8) is 0 Å². The van der Waals surface area contributed by atoms with Gasteiger partial charge in [-0.15, -0.1) is 0 Å². The summed E-state index contributed by atoms with van der Waals surface area (Å²) in [6.07, 6.45) is 6.35. The Hall–Kier alpha value is -2.31. The fourth-order valence-electron chi connectivity index (χ4n) is 2.28. The van der Waals surface area contributed by atoms with E-state index in [2.05, 4.69) is 25.5 Å². The molecule has 0 saturated heterocycles. The molecule has 106 valence electrons. The molecule has 0 bridgehead atoms. The van der Waals surface area contributed by atoms with E-state index in [9.17, 15) is 4.79 Å². The molecule has 2 aromatic heterocycles. The molecule has 0 spiro atoms. The smallest absolute Gasteiger partial charge is 0.274 e. The molecule has 1 atom stereocenters. The minimum atomic E-state index is -0.270.